The Hall–Kier alpha value is -2.51. The SMILES string of the molecule is C[C@@H](OC(=O)[C@@H](C)Sc1ccc(Cl)cc1)C(=O)N1CC(=O)Nc2ccccc21. The Morgan fingerprint density at radius 1 is 1.14 bits per heavy atom. The van der Waals surface area contributed by atoms with E-state index in [2.05, 4.69) is 5.32 Å². The van der Waals surface area contributed by atoms with Crippen LogP contribution in [0, 0.1) is 0 Å². The Morgan fingerprint density at radius 2 is 1.82 bits per heavy atom. The monoisotopic (exact) mass is 418 g/mol. The molecule has 1 heterocycles. The molecule has 2 aromatic rings. The van der Waals surface area contributed by atoms with E-state index >= 15 is 0 Å². The van der Waals surface area contributed by atoms with E-state index in [9.17, 15) is 14.4 Å². The number of ether oxygens (including phenoxy) is 1. The van der Waals surface area contributed by atoms with Gasteiger partial charge in [-0.05, 0) is 50.2 Å². The molecule has 2 atom stereocenters. The van der Waals surface area contributed by atoms with Gasteiger partial charge in [0.2, 0.25) is 5.91 Å². The number of para-hydroxylation sites is 2. The molecule has 1 N–H and O–H groups in total. The van der Waals surface area contributed by atoms with Crippen molar-refractivity contribution >= 4 is 52.5 Å². The van der Waals surface area contributed by atoms with E-state index < -0.39 is 23.2 Å². The van der Waals surface area contributed by atoms with Crippen molar-refractivity contribution in [1.82, 2.24) is 0 Å². The third kappa shape index (κ3) is 4.66. The largest absolute Gasteiger partial charge is 0.452 e. The second kappa shape index (κ2) is 8.67. The maximum absolute atomic E-state index is 12.8. The number of thioether (sulfide) groups is 1. The summed E-state index contributed by atoms with van der Waals surface area (Å²) in [5, 5.41) is 2.83. The number of anilines is 2. The minimum atomic E-state index is -1.01. The number of benzene rings is 2. The van der Waals surface area contributed by atoms with Crippen molar-refractivity contribution in [2.45, 2.75) is 30.1 Å². The van der Waals surface area contributed by atoms with Crippen molar-refractivity contribution in [3.8, 4) is 0 Å². The van der Waals surface area contributed by atoms with Gasteiger partial charge in [-0.1, -0.05) is 23.7 Å². The van der Waals surface area contributed by atoms with Gasteiger partial charge >= 0.3 is 5.97 Å². The molecule has 0 fully saturated rings. The number of nitrogens with one attached hydrogen (secondary N) is 1. The zero-order valence-electron chi connectivity index (χ0n) is 15.3. The van der Waals surface area contributed by atoms with Crippen molar-refractivity contribution in [1.29, 1.82) is 0 Å². The minimum absolute atomic E-state index is 0.118. The first-order valence-electron chi connectivity index (χ1n) is 8.68. The van der Waals surface area contributed by atoms with Crippen LogP contribution in [0.5, 0.6) is 0 Å². The maximum atomic E-state index is 12.8. The molecule has 0 aromatic heterocycles. The van der Waals surface area contributed by atoms with E-state index in [-0.39, 0.29) is 12.5 Å². The van der Waals surface area contributed by atoms with E-state index in [0.29, 0.717) is 16.4 Å². The average Bonchev–Trinajstić information content (AvgIpc) is 2.68. The average molecular weight is 419 g/mol. The van der Waals surface area contributed by atoms with E-state index in [4.69, 9.17) is 16.3 Å². The first kappa shape index (κ1) is 20.2. The molecule has 2 aromatic carbocycles. The van der Waals surface area contributed by atoms with Gasteiger partial charge in [-0.3, -0.25) is 19.3 Å². The molecule has 0 radical (unpaired) electrons. The number of carbonyl (C=O) groups excluding carboxylic acids is 3. The van der Waals surface area contributed by atoms with Gasteiger partial charge < -0.3 is 10.1 Å². The van der Waals surface area contributed by atoms with Gasteiger partial charge in [0.25, 0.3) is 5.91 Å². The molecule has 0 aliphatic carbocycles. The van der Waals surface area contributed by atoms with Crippen LogP contribution in [0.2, 0.25) is 5.02 Å². The van der Waals surface area contributed by atoms with Crippen LogP contribution in [0.3, 0.4) is 0 Å². The molecule has 2 amide bonds. The summed E-state index contributed by atoms with van der Waals surface area (Å²) >= 11 is 7.18. The third-order valence-corrected chi connectivity index (χ3v) is 5.48. The first-order chi connectivity index (χ1) is 13.3. The summed E-state index contributed by atoms with van der Waals surface area (Å²) in [5.74, 6) is -1.24. The molecule has 28 heavy (non-hydrogen) atoms. The van der Waals surface area contributed by atoms with E-state index in [1.54, 1.807) is 43.3 Å². The van der Waals surface area contributed by atoms with Crippen LogP contribution in [0.15, 0.2) is 53.4 Å². The Balaban J connectivity index is 1.64. The number of nitrogens with zero attached hydrogens (tertiary/aromatic N) is 1. The Labute approximate surface area is 172 Å². The minimum Gasteiger partial charge on any atom is -0.452 e. The van der Waals surface area contributed by atoms with E-state index in [0.717, 1.165) is 4.90 Å². The van der Waals surface area contributed by atoms with Crippen LogP contribution in [0.25, 0.3) is 0 Å². The topological polar surface area (TPSA) is 75.7 Å². The quantitative estimate of drug-likeness (QED) is 0.591. The molecule has 3 rings (SSSR count). The number of halogens is 1. The fraction of sp³-hybridized carbons (Fsp3) is 0.250. The molecule has 1 aliphatic heterocycles. The molecule has 6 nitrogen and oxygen atoms in total. The Morgan fingerprint density at radius 3 is 2.54 bits per heavy atom. The second-order valence-electron chi connectivity index (χ2n) is 6.28. The lowest BCUT2D eigenvalue weighted by molar-refractivity contribution is -0.153. The summed E-state index contributed by atoms with van der Waals surface area (Å²) in [4.78, 5) is 39.3. The van der Waals surface area contributed by atoms with Crippen LogP contribution in [-0.2, 0) is 19.1 Å². The summed E-state index contributed by atoms with van der Waals surface area (Å²) in [6, 6.07) is 14.1. The lowest BCUT2D eigenvalue weighted by Crippen LogP contribution is -2.47. The zero-order valence-corrected chi connectivity index (χ0v) is 16.9. The summed E-state index contributed by atoms with van der Waals surface area (Å²) < 4.78 is 5.36. The van der Waals surface area contributed by atoms with Crippen LogP contribution < -0.4 is 10.2 Å². The molecule has 0 spiro atoms. The van der Waals surface area contributed by atoms with Crippen molar-refractivity contribution in [2.24, 2.45) is 0 Å². The van der Waals surface area contributed by atoms with Crippen LogP contribution in [-0.4, -0.2) is 35.7 Å². The molecular weight excluding hydrogens is 400 g/mol. The number of amides is 2. The number of hydrogen-bond donors (Lipinski definition) is 1. The van der Waals surface area contributed by atoms with Crippen LogP contribution in [0.1, 0.15) is 13.8 Å². The van der Waals surface area contributed by atoms with Crippen molar-refractivity contribution < 1.29 is 19.1 Å². The van der Waals surface area contributed by atoms with Gasteiger partial charge in [0.05, 0.1) is 11.4 Å². The van der Waals surface area contributed by atoms with Gasteiger partial charge in [0, 0.05) is 9.92 Å². The molecule has 1 aliphatic rings. The standard InChI is InChI=1S/C20H19ClN2O4S/c1-12(27-20(26)13(2)28-15-9-7-14(21)8-10-15)19(25)23-11-18(24)22-16-5-3-4-6-17(16)23/h3-10,12-13H,11H2,1-2H3,(H,22,24)/t12-,13-/m1/s1. The zero-order chi connectivity index (χ0) is 20.3. The Kier molecular flexibility index (Phi) is 6.26. The van der Waals surface area contributed by atoms with Crippen LogP contribution >= 0.6 is 23.4 Å². The van der Waals surface area contributed by atoms with Crippen molar-refractivity contribution in [3.05, 3.63) is 53.6 Å². The third-order valence-electron chi connectivity index (χ3n) is 4.14. The summed E-state index contributed by atoms with van der Waals surface area (Å²) in [6.07, 6.45) is -1.01. The van der Waals surface area contributed by atoms with Gasteiger partial charge in [0.1, 0.15) is 11.8 Å². The highest BCUT2D eigenvalue weighted by Crippen LogP contribution is 2.30. The van der Waals surface area contributed by atoms with Gasteiger partial charge in [-0.2, -0.15) is 0 Å². The summed E-state index contributed by atoms with van der Waals surface area (Å²) in [5.41, 5.74) is 1.14. The number of esters is 1. The molecule has 0 bridgehead atoms. The molecule has 8 heteroatoms. The fourth-order valence-electron chi connectivity index (χ4n) is 2.74. The molecule has 146 valence electrons. The number of hydrogen-bond acceptors (Lipinski definition) is 5. The molecule has 0 unspecified atom stereocenters. The van der Waals surface area contributed by atoms with Crippen molar-refractivity contribution in [3.63, 3.8) is 0 Å². The lowest BCUT2D eigenvalue weighted by Gasteiger charge is -2.31. The highest BCUT2D eigenvalue weighted by atomic mass is 35.5. The van der Waals surface area contributed by atoms with Gasteiger partial charge in [0.15, 0.2) is 6.10 Å². The molecule has 0 saturated carbocycles. The highest BCUT2D eigenvalue weighted by Gasteiger charge is 2.32. The molecule has 0 saturated heterocycles. The summed E-state index contributed by atoms with van der Waals surface area (Å²) in [6.45, 7) is 3.10. The maximum Gasteiger partial charge on any atom is 0.319 e. The fourth-order valence-corrected chi connectivity index (χ4v) is 3.71. The van der Waals surface area contributed by atoms with Gasteiger partial charge in [-0.15, -0.1) is 11.8 Å². The smallest absolute Gasteiger partial charge is 0.319 e. The normalized spacial score (nSPS) is 15.2. The predicted octanol–water partition coefficient (Wildman–Crippen LogP) is 3.74. The number of carbonyl (C=O) groups is 3. The molecular formula is C20H19ClN2O4S. The predicted molar refractivity (Wildman–Crippen MR) is 110 cm³/mol. The highest BCUT2D eigenvalue weighted by molar-refractivity contribution is 8.00. The van der Waals surface area contributed by atoms with Gasteiger partial charge in [-0.25, -0.2) is 0 Å². The lowest BCUT2D eigenvalue weighted by atomic mass is 10.1. The second-order valence-corrected chi connectivity index (χ2v) is 8.13. The first-order valence-corrected chi connectivity index (χ1v) is 9.94. The van der Waals surface area contributed by atoms with Crippen molar-refractivity contribution in [2.75, 3.05) is 16.8 Å². The Bertz CT molecular complexity index is 903. The van der Waals surface area contributed by atoms with E-state index in [1.807, 2.05) is 12.1 Å². The number of fused-ring (bicyclic) bond motifs is 1. The van der Waals surface area contributed by atoms with E-state index in [1.165, 1.54) is 23.6 Å². The van der Waals surface area contributed by atoms with Crippen LogP contribution in [0.4, 0.5) is 11.4 Å². The summed E-state index contributed by atoms with van der Waals surface area (Å²) in [7, 11) is 0. The number of rotatable bonds is 5.